The van der Waals surface area contributed by atoms with Gasteiger partial charge in [-0.15, -0.1) is 0 Å². The molecule has 0 saturated carbocycles. The van der Waals surface area contributed by atoms with E-state index >= 15 is 0 Å². The normalized spacial score (nSPS) is 16.6. The largest absolute Gasteiger partial charge is 0.342 e. The zero-order valence-electron chi connectivity index (χ0n) is 14.7. The quantitative estimate of drug-likeness (QED) is 0.693. The van der Waals surface area contributed by atoms with Crippen LogP contribution < -0.4 is 0 Å². The van der Waals surface area contributed by atoms with Crippen LogP contribution in [0.2, 0.25) is 0 Å². The second kappa shape index (κ2) is 7.65. The van der Waals surface area contributed by atoms with Crippen molar-refractivity contribution in [2.24, 2.45) is 0 Å². The van der Waals surface area contributed by atoms with Gasteiger partial charge >= 0.3 is 0 Å². The van der Waals surface area contributed by atoms with Gasteiger partial charge in [-0.2, -0.15) is 4.98 Å². The topological polar surface area (TPSA) is 72.1 Å². The van der Waals surface area contributed by atoms with Crippen LogP contribution in [-0.2, 0) is 11.2 Å². The SMILES string of the molecule is O=C(CCc1nc(-c2ccncc2)no1)N1CC[C@@H](c2ccccc2F)C1. The highest BCUT2D eigenvalue weighted by atomic mass is 19.1. The van der Waals surface area contributed by atoms with Crippen LogP contribution in [0.5, 0.6) is 0 Å². The van der Waals surface area contributed by atoms with Crippen molar-refractivity contribution in [3.05, 3.63) is 66.1 Å². The highest BCUT2D eigenvalue weighted by Crippen LogP contribution is 2.29. The maximum Gasteiger partial charge on any atom is 0.227 e. The summed E-state index contributed by atoms with van der Waals surface area (Å²) in [6.45, 7) is 1.19. The Morgan fingerprint density at radius 2 is 2.04 bits per heavy atom. The number of hydrogen-bond acceptors (Lipinski definition) is 5. The first-order valence-corrected chi connectivity index (χ1v) is 8.96. The van der Waals surface area contributed by atoms with E-state index in [1.807, 2.05) is 6.07 Å². The Balaban J connectivity index is 1.33. The number of carbonyl (C=O) groups excluding carboxylic acids is 1. The molecule has 1 amide bonds. The van der Waals surface area contributed by atoms with Crippen molar-refractivity contribution in [1.29, 1.82) is 0 Å². The van der Waals surface area contributed by atoms with Gasteiger partial charge in [0.1, 0.15) is 5.82 Å². The molecule has 4 rings (SSSR count). The number of nitrogens with zero attached hydrogens (tertiary/aromatic N) is 4. The predicted molar refractivity (Wildman–Crippen MR) is 96.2 cm³/mol. The van der Waals surface area contributed by atoms with Crippen molar-refractivity contribution in [1.82, 2.24) is 20.0 Å². The molecule has 0 aliphatic carbocycles. The van der Waals surface area contributed by atoms with Crippen LogP contribution >= 0.6 is 0 Å². The Labute approximate surface area is 156 Å². The molecule has 0 bridgehead atoms. The molecule has 138 valence electrons. The highest BCUT2D eigenvalue weighted by molar-refractivity contribution is 5.76. The van der Waals surface area contributed by atoms with E-state index in [4.69, 9.17) is 4.52 Å². The molecule has 0 spiro atoms. The summed E-state index contributed by atoms with van der Waals surface area (Å²) in [5.74, 6) is 0.793. The molecule has 0 radical (unpaired) electrons. The van der Waals surface area contributed by atoms with Crippen molar-refractivity contribution in [3.8, 4) is 11.4 Å². The first kappa shape index (κ1) is 17.3. The second-order valence-corrected chi connectivity index (χ2v) is 6.59. The number of benzene rings is 1. The van der Waals surface area contributed by atoms with E-state index in [9.17, 15) is 9.18 Å². The zero-order chi connectivity index (χ0) is 18.6. The number of rotatable bonds is 5. The monoisotopic (exact) mass is 366 g/mol. The van der Waals surface area contributed by atoms with Gasteiger partial charge in [-0.3, -0.25) is 9.78 Å². The number of aryl methyl sites for hydroxylation is 1. The summed E-state index contributed by atoms with van der Waals surface area (Å²) < 4.78 is 19.2. The molecule has 1 aliphatic heterocycles. The maximum absolute atomic E-state index is 13.9. The third-order valence-electron chi connectivity index (χ3n) is 4.85. The molecule has 2 aromatic heterocycles. The third-order valence-corrected chi connectivity index (χ3v) is 4.85. The van der Waals surface area contributed by atoms with Crippen LogP contribution in [-0.4, -0.2) is 39.0 Å². The Morgan fingerprint density at radius 3 is 2.85 bits per heavy atom. The maximum atomic E-state index is 13.9. The number of pyridine rings is 1. The summed E-state index contributed by atoms with van der Waals surface area (Å²) >= 11 is 0. The van der Waals surface area contributed by atoms with Gasteiger partial charge in [0.2, 0.25) is 17.6 Å². The fourth-order valence-corrected chi connectivity index (χ4v) is 3.39. The molecule has 0 unspecified atom stereocenters. The van der Waals surface area contributed by atoms with Gasteiger partial charge in [-0.05, 0) is 30.2 Å². The molecule has 27 heavy (non-hydrogen) atoms. The van der Waals surface area contributed by atoms with Gasteiger partial charge < -0.3 is 9.42 Å². The first-order chi connectivity index (χ1) is 13.2. The van der Waals surface area contributed by atoms with Gasteiger partial charge in [0.05, 0.1) is 0 Å². The Morgan fingerprint density at radius 1 is 1.22 bits per heavy atom. The van der Waals surface area contributed by atoms with Crippen LogP contribution in [0.3, 0.4) is 0 Å². The Hall–Kier alpha value is -3.09. The number of hydrogen-bond donors (Lipinski definition) is 0. The van der Waals surface area contributed by atoms with E-state index in [0.717, 1.165) is 12.0 Å². The molecule has 0 N–H and O–H groups in total. The Bertz CT molecular complexity index is 928. The molecule has 1 aromatic carbocycles. The predicted octanol–water partition coefficient (Wildman–Crippen LogP) is 3.22. The van der Waals surface area contributed by atoms with Gasteiger partial charge in [0.25, 0.3) is 0 Å². The molecule has 7 heteroatoms. The van der Waals surface area contributed by atoms with Gasteiger partial charge in [-0.1, -0.05) is 23.4 Å². The minimum Gasteiger partial charge on any atom is -0.342 e. The Kier molecular flexibility index (Phi) is 4.91. The molecule has 1 aliphatic rings. The number of amides is 1. The molecule has 6 nitrogen and oxygen atoms in total. The summed E-state index contributed by atoms with van der Waals surface area (Å²) in [6.07, 6.45) is 4.78. The minimum atomic E-state index is -0.202. The zero-order valence-corrected chi connectivity index (χ0v) is 14.7. The highest BCUT2D eigenvalue weighted by Gasteiger charge is 2.28. The molecule has 3 aromatic rings. The molecule has 1 atom stereocenters. The van der Waals surface area contributed by atoms with Crippen molar-refractivity contribution >= 4 is 5.91 Å². The van der Waals surface area contributed by atoms with Crippen LogP contribution in [0.4, 0.5) is 4.39 Å². The summed E-state index contributed by atoms with van der Waals surface area (Å²) in [5, 5.41) is 3.94. The third kappa shape index (κ3) is 3.86. The number of halogens is 1. The van der Waals surface area contributed by atoms with E-state index in [2.05, 4.69) is 15.1 Å². The van der Waals surface area contributed by atoms with E-state index in [-0.39, 0.29) is 17.6 Å². The summed E-state index contributed by atoms with van der Waals surface area (Å²) in [7, 11) is 0. The van der Waals surface area contributed by atoms with Crippen molar-refractivity contribution in [2.75, 3.05) is 13.1 Å². The van der Waals surface area contributed by atoms with Crippen LogP contribution in [0.15, 0.2) is 53.3 Å². The summed E-state index contributed by atoms with van der Waals surface area (Å²) in [6, 6.07) is 10.4. The number of aromatic nitrogens is 3. The second-order valence-electron chi connectivity index (χ2n) is 6.59. The smallest absolute Gasteiger partial charge is 0.227 e. The van der Waals surface area contributed by atoms with E-state index in [1.165, 1.54) is 6.07 Å². The molecule has 3 heterocycles. The molecule has 1 saturated heterocycles. The van der Waals surface area contributed by atoms with Crippen LogP contribution in [0, 0.1) is 5.82 Å². The van der Waals surface area contributed by atoms with E-state index in [1.54, 1.807) is 41.6 Å². The standard InChI is InChI=1S/C20H19FN4O2/c21-17-4-2-1-3-16(17)15-9-12-25(13-15)19(26)6-5-18-23-20(24-27-18)14-7-10-22-11-8-14/h1-4,7-8,10-11,15H,5-6,9,12-13H2/t15-/m1/s1. The summed E-state index contributed by atoms with van der Waals surface area (Å²) in [4.78, 5) is 22.6. The first-order valence-electron chi connectivity index (χ1n) is 8.96. The summed E-state index contributed by atoms with van der Waals surface area (Å²) in [5.41, 5.74) is 1.50. The van der Waals surface area contributed by atoms with Crippen LogP contribution in [0.1, 0.15) is 30.2 Å². The average molecular weight is 366 g/mol. The minimum absolute atomic E-state index is 0.0255. The van der Waals surface area contributed by atoms with Gasteiger partial charge in [-0.25, -0.2) is 4.39 Å². The van der Waals surface area contributed by atoms with Gasteiger partial charge in [0.15, 0.2) is 0 Å². The fraction of sp³-hybridized carbons (Fsp3) is 0.300. The average Bonchev–Trinajstić information content (AvgIpc) is 3.37. The molecular weight excluding hydrogens is 347 g/mol. The number of carbonyl (C=O) groups is 1. The lowest BCUT2D eigenvalue weighted by atomic mass is 9.98. The lowest BCUT2D eigenvalue weighted by Crippen LogP contribution is -2.28. The van der Waals surface area contributed by atoms with E-state index in [0.29, 0.717) is 43.2 Å². The number of likely N-dealkylation sites (tertiary alicyclic amines) is 1. The van der Waals surface area contributed by atoms with Gasteiger partial charge in [0, 0.05) is 49.8 Å². The molecular formula is C20H19FN4O2. The van der Waals surface area contributed by atoms with Crippen molar-refractivity contribution in [2.45, 2.75) is 25.2 Å². The fourth-order valence-electron chi connectivity index (χ4n) is 3.39. The van der Waals surface area contributed by atoms with Crippen LogP contribution in [0.25, 0.3) is 11.4 Å². The lowest BCUT2D eigenvalue weighted by Gasteiger charge is -2.16. The lowest BCUT2D eigenvalue weighted by molar-refractivity contribution is -0.130. The van der Waals surface area contributed by atoms with E-state index < -0.39 is 0 Å². The van der Waals surface area contributed by atoms with Crippen molar-refractivity contribution in [3.63, 3.8) is 0 Å². The molecule has 1 fully saturated rings. The van der Waals surface area contributed by atoms with Crippen molar-refractivity contribution < 1.29 is 13.7 Å².